The number of benzene rings is 3. The summed E-state index contributed by atoms with van der Waals surface area (Å²) in [6, 6.07) is 31.6. The molecule has 3 aromatic rings. The van der Waals surface area contributed by atoms with E-state index in [0.29, 0.717) is 32.0 Å². The van der Waals surface area contributed by atoms with Crippen LogP contribution in [0.3, 0.4) is 0 Å². The molecule has 34 atom stereocenters. The number of hydrogen-bond donors (Lipinski definition) is 12. The van der Waals surface area contributed by atoms with Gasteiger partial charge in [-0.25, -0.2) is 52.9 Å². The van der Waals surface area contributed by atoms with Crippen LogP contribution in [0.1, 0.15) is 92.4 Å². The van der Waals surface area contributed by atoms with E-state index in [9.17, 15) is 49.7 Å². The second kappa shape index (κ2) is 80.1. The molecule has 784 valence electrons. The Morgan fingerprint density at radius 2 is 0.839 bits per heavy atom. The molecule has 0 amide bonds. The first kappa shape index (κ1) is 140. The third-order valence-electron chi connectivity index (χ3n) is 20.0. The Bertz CT molecular complexity index is 3510. The maximum atomic E-state index is 14.6. The van der Waals surface area contributed by atoms with Crippen molar-refractivity contribution in [1.82, 2.24) is 20.6 Å². The number of halogens is 10. The molecule has 3 aromatic carbocycles. The van der Waals surface area contributed by atoms with Crippen LogP contribution < -0.4 is 67.2 Å². The normalized spacial score (nSPS) is 32.4. The molecule has 8 fully saturated rings. The topological polar surface area (TPSA) is 486 Å². The average molecular weight is 2170 g/mol. The molecular formula is C87H152BF9IN13NaO21P4+. The van der Waals surface area contributed by atoms with Crippen LogP contribution >= 0.6 is 55.0 Å². The number of aliphatic hydroxyl groups is 8. The number of hydrogen-bond acceptors (Lipinski definition) is 26. The molecule has 0 bridgehead atoms. The Labute approximate surface area is 847 Å². The first-order chi connectivity index (χ1) is 63.4. The van der Waals surface area contributed by atoms with Crippen LogP contribution in [-0.2, 0) is 56.0 Å². The van der Waals surface area contributed by atoms with E-state index in [4.69, 9.17) is 127 Å². The summed E-state index contributed by atoms with van der Waals surface area (Å²) >= 11 is 2.07. The molecule has 0 aromatic heterocycles. The minimum Gasteiger partial charge on any atom is -0.412 e. The average Bonchev–Trinajstić information content (AvgIpc) is 1.61. The van der Waals surface area contributed by atoms with Gasteiger partial charge in [0.15, 0.2) is 55.9 Å². The van der Waals surface area contributed by atoms with E-state index >= 15 is 0 Å². The van der Waals surface area contributed by atoms with E-state index in [0.717, 1.165) is 0 Å². The number of nitrogens with one attached hydrogen (secondary N) is 3. The predicted octanol–water partition coefficient (Wildman–Crippen LogP) is 6.95. The number of likely N-dealkylation sites (N-methyl/N-ethyl adjacent to an activating group) is 3. The molecule has 137 heavy (non-hydrogen) atoms. The van der Waals surface area contributed by atoms with E-state index in [-0.39, 0.29) is 126 Å². The minimum atomic E-state index is -1.59. The smallest absolute Gasteiger partial charge is 0.412 e. The summed E-state index contributed by atoms with van der Waals surface area (Å²) in [4.78, 5) is 10.5. The summed E-state index contributed by atoms with van der Waals surface area (Å²) in [5.74, 6) is 0. The number of rotatable bonds is 28. The molecular weight excluding hydrogens is 2020 g/mol. The summed E-state index contributed by atoms with van der Waals surface area (Å²) in [6.45, 7) is 41.8. The monoisotopic (exact) mass is 2170 g/mol. The molecule has 2 radical (unpaired) electrons. The first-order valence-corrected chi connectivity index (χ1v) is 50.9. The Morgan fingerprint density at radius 3 is 1.12 bits per heavy atom. The Hall–Kier alpha value is -3.16. The minimum absolute atomic E-state index is 0. The van der Waals surface area contributed by atoms with Crippen LogP contribution in [0.2, 0.25) is 0 Å². The number of aliphatic hydroxyl groups excluding tert-OH is 8. The Morgan fingerprint density at radius 1 is 0.540 bits per heavy atom. The van der Waals surface area contributed by atoms with Gasteiger partial charge in [0.2, 0.25) is 13.1 Å². The van der Waals surface area contributed by atoms with Crippen LogP contribution in [0.5, 0.6) is 0 Å². The van der Waals surface area contributed by atoms with Crippen molar-refractivity contribution < 1.29 is 173 Å². The van der Waals surface area contributed by atoms with E-state index < -0.39 is 216 Å². The molecule has 0 saturated carbocycles. The molecule has 34 nitrogen and oxygen atoms in total. The van der Waals surface area contributed by atoms with Crippen LogP contribution in [-0.4, -0.2) is 398 Å². The summed E-state index contributed by atoms with van der Waals surface area (Å²) in [5.41, 5.74) is 26.7. The van der Waals surface area contributed by atoms with Crippen molar-refractivity contribution >= 4 is 85.0 Å². The Balaban J connectivity index is -0.000000480. The van der Waals surface area contributed by atoms with Gasteiger partial charge in [0.25, 0.3) is 8.53 Å². The fraction of sp³-hybridized carbons (Fsp3) is 0.759. The van der Waals surface area contributed by atoms with Crippen LogP contribution in [0.25, 0.3) is 36.1 Å². The van der Waals surface area contributed by atoms with E-state index in [1.54, 1.807) is 55.8 Å². The van der Waals surface area contributed by atoms with Gasteiger partial charge in [-0.3, -0.25) is 9.30 Å². The molecule has 15 N–H and O–H groups in total. The van der Waals surface area contributed by atoms with Gasteiger partial charge in [0, 0.05) is 47.6 Å². The van der Waals surface area contributed by atoms with Gasteiger partial charge in [-0.1, -0.05) is 134 Å². The zero-order chi connectivity index (χ0) is 102. The van der Waals surface area contributed by atoms with Crippen molar-refractivity contribution in [2.75, 3.05) is 125 Å². The van der Waals surface area contributed by atoms with E-state index in [1.165, 1.54) is 34.7 Å². The molecule has 10 unspecified atom stereocenters. The zero-order valence-corrected chi connectivity index (χ0v) is 87.6. The molecule has 8 heterocycles. The molecule has 0 aliphatic carbocycles. The van der Waals surface area contributed by atoms with Gasteiger partial charge in [-0.05, 0) is 147 Å². The van der Waals surface area contributed by atoms with E-state index in [1.807, 2.05) is 0 Å². The van der Waals surface area contributed by atoms with Crippen molar-refractivity contribution in [2.24, 2.45) is 10.8 Å². The van der Waals surface area contributed by atoms with Gasteiger partial charge in [0.1, 0.15) is 88.0 Å². The molecule has 8 aliphatic heterocycles. The van der Waals surface area contributed by atoms with Crippen molar-refractivity contribution in [3.63, 3.8) is 0 Å². The van der Waals surface area contributed by atoms with Crippen molar-refractivity contribution in [1.29, 1.82) is 0 Å². The summed E-state index contributed by atoms with van der Waals surface area (Å²) < 4.78 is 187. The number of nitrogens with zero attached hydrogens (tertiary/aromatic N) is 9. The fourth-order valence-electron chi connectivity index (χ4n) is 13.3. The standard InChI is InChI=1S/C18H15P.C16H31FN3O3P.C11H19FN2O3P.C7H14FNO2.C6H10FIO2.C6H10FN3O2.C6H12FNO2.C6H11FO3.C5H8BFO3.C3H9P.CH3F.2CH4.N3.Na.H2O/c1-4-10-16(11-5-1)19(17-12-6-2-7-13-17)18-14-8-3-9-15-18;1-11(2)20(12(3)4)24(21-9-8-18-6)23-16-14(10-19-7)22-13(5)15(16)17;1-8-10(12)11(9(16-8)7-14-3)17-18(4)15-6-5-13-2;1-4-6(8)7(10)5(11-4)3-9-2;1-3-5(7)6(9)4(2-8)10-3;1-3-5(7)6(11)4(12-3)2-9-10-8;2*1-3-5(7)6(9)4(2-8)10-3;6-5-3(7)4(9)2(1-8)10-5;1-4(2)3;1-2;;;1-3-2;;/h1-15H;11-16,19H,8-10H2,1-5,7H3;8-11,14H,4-7H2,1,3H3;4-7,9-10H,3H2,1-2H3;3-6,9H,2H2,1H3;3-6,11H,2H2,1H3;3-6,9H,2,8H2,1H3;3-6,8-9H,2H2,1H3;2-5,8-9H,1H2;1-3H3;1H3;2*1H4;;;1H2/q;;+1;;;;;;;;;;;-1;+1;/t;13-,14+,15+,16?,24?;8-,9+,10+,11?;4-,5+,6+,7?;4*3-,4+,5+,6?;2-,3+,4?,5-;;;;;;;/m.00000001......./s1/i;;;;;;;;;;1D;;;;;. The quantitative estimate of drug-likeness (QED) is 0.00334. The number of alkyl halides is 10. The number of nitrogens with two attached hydrogens (primary N) is 1. The number of azide groups is 1. The molecule has 0 spiro atoms. The van der Waals surface area contributed by atoms with Crippen LogP contribution in [0.15, 0.2) is 96.1 Å². The predicted molar refractivity (Wildman–Crippen MR) is 530 cm³/mol. The van der Waals surface area contributed by atoms with Crippen molar-refractivity contribution in [3.05, 3.63) is 140 Å². The number of ether oxygens (including phenoxy) is 8. The summed E-state index contributed by atoms with van der Waals surface area (Å²) in [7, 11) is 6.43. The SMILES string of the molecule is C.C.CNC[C@H]1O[C@@H](C)[C@@H](F)C1O.CP(C)C.C[C@@H]1O[C@H](CI)C(O)[C@@H]1F.C[C@@H]1O[C@H](CN)C(O)[C@@H]1F.C[C@@H]1O[C@H](CN=[N+]=[N-])C(O)[C@@H]1F.C[C@@H]1O[C@H](CO)C(O)[C@@H]1F.O.[2H]CF.[B][C@@H]1O[C@H](CO)C(O)[C@@H]1F.[C-]#[N+]CCOP(OC1[C@@H](CNC)O[C@@H](C)[C@H]1F)N(C(C)C)C(C)C.[C-]#[N+]CCO[P+](=C)OC1[C@@H](CNC)O[C@@H](C)[C@H]1F.[N-]=[N+]=[N-].[Na+].c1ccc(P(c2ccccc2)c2ccccc2)cc1. The second-order valence-electron chi connectivity index (χ2n) is 31.6. The van der Waals surface area contributed by atoms with Gasteiger partial charge >= 0.3 is 37.6 Å². The van der Waals surface area contributed by atoms with Gasteiger partial charge in [-0.2, -0.15) is 0 Å². The van der Waals surface area contributed by atoms with Gasteiger partial charge < -0.3 is 136 Å². The van der Waals surface area contributed by atoms with Crippen LogP contribution in [0, 0.1) is 13.1 Å². The second-order valence-corrected chi connectivity index (χ2v) is 39.9. The fourth-order valence-corrected chi connectivity index (χ4v) is 19.0. The summed E-state index contributed by atoms with van der Waals surface area (Å²) in [6.07, 6.45) is -22.6. The largest absolute Gasteiger partial charge is 1.00 e. The zero-order valence-electron chi connectivity index (χ0n) is 80.9. The molecule has 50 heteroatoms. The third kappa shape index (κ3) is 50.7. The molecule has 11 rings (SSSR count). The molecule has 8 saturated heterocycles. The molecule has 8 aliphatic rings. The maximum absolute atomic E-state index is 14.6. The summed E-state index contributed by atoms with van der Waals surface area (Å²) in [5, 5.41) is 87.6. The first-order valence-electron chi connectivity index (χ1n) is 43.6. The Kier molecular flexibility index (Phi) is 81.9. The van der Waals surface area contributed by atoms with Gasteiger partial charge in [0.05, 0.1) is 108 Å². The van der Waals surface area contributed by atoms with Crippen molar-refractivity contribution in [2.45, 2.75) is 299 Å². The third-order valence-corrected chi connectivity index (χ3v) is 26.4. The maximum Gasteiger partial charge on any atom is 1.00 e. The van der Waals surface area contributed by atoms with Crippen LogP contribution in [0.4, 0.5) is 39.5 Å². The van der Waals surface area contributed by atoms with E-state index in [2.05, 4.69) is 213 Å². The van der Waals surface area contributed by atoms with Gasteiger partial charge in [-0.15, -0.1) is 17.0 Å². The van der Waals surface area contributed by atoms with Crippen molar-refractivity contribution in [3.8, 4) is 0 Å².